The number of halogens is 3. The molecule has 3 aromatic rings. The second kappa shape index (κ2) is 9.77. The smallest absolute Gasteiger partial charge is 0.427 e. The normalized spacial score (nSPS) is 15.5. The van der Waals surface area contributed by atoms with Gasteiger partial charge >= 0.3 is 12.1 Å². The fourth-order valence-corrected chi connectivity index (χ4v) is 4.53. The van der Waals surface area contributed by atoms with Crippen molar-refractivity contribution < 1.29 is 27.4 Å². The molecule has 188 valence electrons. The fourth-order valence-electron chi connectivity index (χ4n) is 4.53. The van der Waals surface area contributed by atoms with E-state index < -0.39 is 18.3 Å². The number of hydrogen-bond donors (Lipinski definition) is 1. The van der Waals surface area contributed by atoms with Crippen LogP contribution < -0.4 is 10.2 Å². The number of aromatic nitrogens is 2. The van der Waals surface area contributed by atoms with E-state index in [1.54, 1.807) is 43.5 Å². The van der Waals surface area contributed by atoms with E-state index in [4.69, 9.17) is 14.5 Å². The van der Waals surface area contributed by atoms with Gasteiger partial charge in [-0.25, -0.2) is 9.78 Å². The Labute approximate surface area is 201 Å². The zero-order chi connectivity index (χ0) is 25.3. The number of nitrogens with one attached hydrogen (secondary N) is 1. The maximum atomic E-state index is 14.0. The van der Waals surface area contributed by atoms with Crippen molar-refractivity contribution in [1.82, 2.24) is 9.55 Å². The predicted octanol–water partition coefficient (Wildman–Crippen LogP) is 5.30. The lowest BCUT2D eigenvalue weighted by Gasteiger charge is -2.30. The van der Waals surface area contributed by atoms with E-state index in [0.29, 0.717) is 53.4 Å². The summed E-state index contributed by atoms with van der Waals surface area (Å²) in [6, 6.07) is 10.3. The molecule has 7 nitrogen and oxygen atoms in total. The van der Waals surface area contributed by atoms with Gasteiger partial charge in [0.05, 0.1) is 35.1 Å². The standard InChI is InChI=1S/C25H29F3N4O3/c1-15(2)14-32-21-17(7-5-8-18(21)30-24(32)25(26,27)28)22-29-19-13-16(23(33)35-4)9-10-20(19)31(22)11-6-12-34-3/h5,7-10,13,15,24,30H,6,11-12,14H2,1-4H3. The third-order valence-electron chi connectivity index (χ3n) is 5.94. The van der Waals surface area contributed by atoms with E-state index in [9.17, 15) is 18.0 Å². The van der Waals surface area contributed by atoms with Crippen molar-refractivity contribution in [3.63, 3.8) is 0 Å². The van der Waals surface area contributed by atoms with Crippen LogP contribution in [0.1, 0.15) is 30.6 Å². The van der Waals surface area contributed by atoms with E-state index in [1.165, 1.54) is 12.0 Å². The van der Waals surface area contributed by atoms with Crippen molar-refractivity contribution >= 4 is 28.4 Å². The van der Waals surface area contributed by atoms with E-state index in [1.807, 2.05) is 18.4 Å². The maximum Gasteiger partial charge on any atom is 0.427 e. The molecule has 0 radical (unpaired) electrons. The Morgan fingerprint density at radius 2 is 1.97 bits per heavy atom. The Morgan fingerprint density at radius 1 is 1.20 bits per heavy atom. The number of imidazole rings is 1. The lowest BCUT2D eigenvalue weighted by molar-refractivity contribution is -0.141. The number of hydrogen-bond acceptors (Lipinski definition) is 6. The molecule has 2 aromatic carbocycles. The highest BCUT2D eigenvalue weighted by atomic mass is 19.4. The van der Waals surface area contributed by atoms with Gasteiger partial charge in [0.1, 0.15) is 5.82 Å². The highest BCUT2D eigenvalue weighted by molar-refractivity contribution is 5.96. The molecule has 0 saturated carbocycles. The number of methoxy groups -OCH3 is 2. The first-order valence-corrected chi connectivity index (χ1v) is 11.5. The average molecular weight is 491 g/mol. The molecular weight excluding hydrogens is 461 g/mol. The van der Waals surface area contributed by atoms with Gasteiger partial charge in [-0.05, 0) is 42.7 Å². The zero-order valence-electron chi connectivity index (χ0n) is 20.1. The van der Waals surface area contributed by atoms with Gasteiger partial charge < -0.3 is 24.3 Å². The van der Waals surface area contributed by atoms with Crippen molar-refractivity contribution in [2.24, 2.45) is 5.92 Å². The number of para-hydroxylation sites is 1. The lowest BCUT2D eigenvalue weighted by atomic mass is 10.1. The number of esters is 1. The molecule has 35 heavy (non-hydrogen) atoms. The van der Waals surface area contributed by atoms with Gasteiger partial charge in [-0.1, -0.05) is 19.9 Å². The second-order valence-electron chi connectivity index (χ2n) is 8.96. The summed E-state index contributed by atoms with van der Waals surface area (Å²) in [5.41, 5.74) is 3.17. The van der Waals surface area contributed by atoms with E-state index >= 15 is 0 Å². The molecule has 1 aliphatic heterocycles. The Morgan fingerprint density at radius 3 is 2.63 bits per heavy atom. The fraction of sp³-hybridized carbons (Fsp3) is 0.440. The number of fused-ring (bicyclic) bond motifs is 2. The summed E-state index contributed by atoms with van der Waals surface area (Å²) < 4.78 is 54.0. The molecule has 1 atom stereocenters. The summed E-state index contributed by atoms with van der Waals surface area (Å²) in [6.07, 6.45) is -5.60. The van der Waals surface area contributed by atoms with Crippen LogP contribution in [0.3, 0.4) is 0 Å². The van der Waals surface area contributed by atoms with E-state index in [0.717, 1.165) is 5.52 Å². The summed E-state index contributed by atoms with van der Waals surface area (Å²) in [7, 11) is 2.92. The Kier molecular flexibility index (Phi) is 6.93. The monoisotopic (exact) mass is 490 g/mol. The van der Waals surface area contributed by atoms with Gasteiger partial charge in [0.2, 0.25) is 0 Å². The van der Waals surface area contributed by atoms with Gasteiger partial charge in [0.25, 0.3) is 0 Å². The Balaban J connectivity index is 1.90. The molecule has 1 aromatic heterocycles. The molecule has 1 unspecified atom stereocenters. The topological polar surface area (TPSA) is 68.6 Å². The second-order valence-corrected chi connectivity index (χ2v) is 8.96. The van der Waals surface area contributed by atoms with Crippen molar-refractivity contribution in [3.05, 3.63) is 42.0 Å². The molecule has 1 N–H and O–H groups in total. The third-order valence-corrected chi connectivity index (χ3v) is 5.94. The number of ether oxygens (including phenoxy) is 2. The average Bonchev–Trinajstić information content (AvgIpc) is 3.36. The third kappa shape index (κ3) is 4.80. The van der Waals surface area contributed by atoms with Crippen molar-refractivity contribution in [1.29, 1.82) is 0 Å². The van der Waals surface area contributed by atoms with Crippen LogP contribution in [0.2, 0.25) is 0 Å². The first-order valence-electron chi connectivity index (χ1n) is 11.5. The van der Waals surface area contributed by atoms with Gasteiger partial charge in [-0.2, -0.15) is 13.2 Å². The summed E-state index contributed by atoms with van der Waals surface area (Å²) in [4.78, 5) is 18.2. The van der Waals surface area contributed by atoms with Crippen LogP contribution in [0.15, 0.2) is 36.4 Å². The minimum absolute atomic E-state index is 0.00351. The Bertz CT molecular complexity index is 1220. The van der Waals surface area contributed by atoms with E-state index in [2.05, 4.69) is 5.32 Å². The van der Waals surface area contributed by atoms with Crippen LogP contribution in [-0.4, -0.2) is 55.2 Å². The number of carbonyl (C=O) groups is 1. The van der Waals surface area contributed by atoms with Gasteiger partial charge in [0.15, 0.2) is 6.17 Å². The van der Waals surface area contributed by atoms with Crippen LogP contribution in [0.25, 0.3) is 22.4 Å². The molecular formula is C25H29F3N4O3. The van der Waals surface area contributed by atoms with Crippen LogP contribution in [0.4, 0.5) is 24.5 Å². The van der Waals surface area contributed by atoms with Crippen molar-refractivity contribution in [3.8, 4) is 11.4 Å². The largest absolute Gasteiger partial charge is 0.465 e. The molecule has 10 heteroatoms. The minimum Gasteiger partial charge on any atom is -0.465 e. The molecule has 0 bridgehead atoms. The molecule has 1 aliphatic rings. The lowest BCUT2D eigenvalue weighted by Crippen LogP contribution is -2.48. The molecule has 0 spiro atoms. The van der Waals surface area contributed by atoms with Crippen LogP contribution in [0, 0.1) is 5.92 Å². The highest BCUT2D eigenvalue weighted by Crippen LogP contribution is 2.46. The molecule has 0 fully saturated rings. The zero-order valence-corrected chi connectivity index (χ0v) is 20.1. The maximum absolute atomic E-state index is 14.0. The number of nitrogens with zero attached hydrogens (tertiary/aromatic N) is 3. The van der Waals surface area contributed by atoms with Crippen LogP contribution >= 0.6 is 0 Å². The molecule has 4 rings (SSSR count). The first-order chi connectivity index (χ1) is 16.7. The number of carbonyl (C=O) groups excluding carboxylic acids is 1. The van der Waals surface area contributed by atoms with E-state index in [-0.39, 0.29) is 12.5 Å². The quantitative estimate of drug-likeness (QED) is 0.341. The van der Waals surface area contributed by atoms with Crippen molar-refractivity contribution in [2.75, 3.05) is 37.6 Å². The molecule has 2 heterocycles. The van der Waals surface area contributed by atoms with Gasteiger partial charge in [-0.15, -0.1) is 0 Å². The number of rotatable bonds is 8. The summed E-state index contributed by atoms with van der Waals surface area (Å²) in [5.74, 6) is 0.0560. The number of aryl methyl sites for hydroxylation is 1. The summed E-state index contributed by atoms with van der Waals surface area (Å²) in [6.45, 7) is 5.06. The molecule has 0 saturated heterocycles. The highest BCUT2D eigenvalue weighted by Gasteiger charge is 2.49. The van der Waals surface area contributed by atoms with Crippen LogP contribution in [0.5, 0.6) is 0 Å². The summed E-state index contributed by atoms with van der Waals surface area (Å²) in [5, 5.41) is 2.66. The predicted molar refractivity (Wildman–Crippen MR) is 129 cm³/mol. The first kappa shape index (κ1) is 24.8. The molecule has 0 aliphatic carbocycles. The van der Waals surface area contributed by atoms with Gasteiger partial charge in [-0.3, -0.25) is 0 Å². The SMILES string of the molecule is COCCCn1c(-c2cccc3c2N(CC(C)C)C(C(F)(F)F)N3)nc2cc(C(=O)OC)ccc21. The number of benzene rings is 2. The van der Waals surface area contributed by atoms with Gasteiger partial charge in [0, 0.05) is 32.4 Å². The van der Waals surface area contributed by atoms with Crippen LogP contribution in [-0.2, 0) is 16.0 Å². The number of alkyl halides is 3. The summed E-state index contributed by atoms with van der Waals surface area (Å²) >= 11 is 0. The molecule has 0 amide bonds. The minimum atomic E-state index is -4.46. The van der Waals surface area contributed by atoms with Crippen molar-refractivity contribution in [2.45, 2.75) is 39.2 Å². The Hall–Kier alpha value is -3.27. The number of anilines is 2.